The molecule has 0 spiro atoms. The maximum Gasteiger partial charge on any atom is 0.224 e. The number of aliphatic hydroxyl groups excluding tert-OH is 1. The number of carbonyl (C=O) groups is 2. The number of aliphatic hydroxyl groups is 1. The number of amides is 2. The third-order valence-electron chi connectivity index (χ3n) is 8.03. The number of hydrogen-bond acceptors (Lipinski definition) is 8. The highest BCUT2D eigenvalue weighted by molar-refractivity contribution is 7.99. The number of rotatable bonds is 15. The van der Waals surface area contributed by atoms with E-state index in [1.54, 1.807) is 30.1 Å². The lowest BCUT2D eigenvalue weighted by atomic mass is 10.0. The summed E-state index contributed by atoms with van der Waals surface area (Å²) in [6.45, 7) is -0.0108. The van der Waals surface area contributed by atoms with Crippen molar-refractivity contribution in [3.63, 3.8) is 0 Å². The Balaban J connectivity index is 1.11. The third-order valence-corrected chi connectivity index (χ3v) is 9.22. The van der Waals surface area contributed by atoms with Crippen molar-refractivity contribution in [3.8, 4) is 0 Å². The van der Waals surface area contributed by atoms with Gasteiger partial charge in [0.1, 0.15) is 0 Å². The molecule has 1 fully saturated rings. The number of aryl methyl sites for hydroxylation is 1. The van der Waals surface area contributed by atoms with Crippen LogP contribution in [0.5, 0.6) is 0 Å². The normalized spacial score (nSPS) is 17.7. The van der Waals surface area contributed by atoms with E-state index in [-0.39, 0.29) is 30.6 Å². The molecule has 2 heterocycles. The quantitative estimate of drug-likeness (QED) is 0.0625. The number of thioether (sulfide) groups is 1. The summed E-state index contributed by atoms with van der Waals surface area (Å²) < 4.78 is 14.9. The number of unbranched alkanes of at least 4 members (excludes halogenated alkanes) is 3. The number of nitrogens with two attached hydrogens (primary N) is 1. The topological polar surface area (TPSA) is 141 Å². The molecular formula is C36H43N5O5S. The van der Waals surface area contributed by atoms with E-state index in [4.69, 9.17) is 15.2 Å². The summed E-state index contributed by atoms with van der Waals surface area (Å²) in [6.07, 6.45) is 7.47. The zero-order valence-electron chi connectivity index (χ0n) is 26.6. The van der Waals surface area contributed by atoms with E-state index < -0.39 is 6.29 Å². The first-order chi connectivity index (χ1) is 22.9. The summed E-state index contributed by atoms with van der Waals surface area (Å²) in [6, 6.07) is 22.6. The molecule has 5 N–H and O–H groups in total. The average Bonchev–Trinajstić information content (AvgIpc) is 3.50. The first-order valence-electron chi connectivity index (χ1n) is 16.0. The van der Waals surface area contributed by atoms with Crippen LogP contribution in [-0.4, -0.2) is 38.3 Å². The van der Waals surface area contributed by atoms with E-state index in [9.17, 15) is 14.7 Å². The number of carbonyl (C=O) groups excluding carboxylic acids is 2. The lowest BCUT2D eigenvalue weighted by molar-refractivity contribution is -0.245. The summed E-state index contributed by atoms with van der Waals surface area (Å²) in [5.74, 6) is 0.588. The molecule has 11 heteroatoms. The molecule has 10 nitrogen and oxygen atoms in total. The van der Waals surface area contributed by atoms with Crippen LogP contribution in [0.4, 0.5) is 17.1 Å². The smallest absolute Gasteiger partial charge is 0.224 e. The van der Waals surface area contributed by atoms with Crippen molar-refractivity contribution < 1.29 is 24.2 Å². The van der Waals surface area contributed by atoms with Crippen molar-refractivity contribution in [2.24, 2.45) is 7.05 Å². The lowest BCUT2D eigenvalue weighted by Crippen LogP contribution is -2.31. The van der Waals surface area contributed by atoms with Crippen LogP contribution in [0, 0.1) is 0 Å². The van der Waals surface area contributed by atoms with Gasteiger partial charge in [-0.15, -0.1) is 0 Å². The van der Waals surface area contributed by atoms with Crippen molar-refractivity contribution in [2.45, 2.75) is 75.2 Å². The summed E-state index contributed by atoms with van der Waals surface area (Å²) >= 11 is 1.64. The standard InChI is InChI=1S/C36H43N5O5S/c1-41-20-19-38-36(41)47-24-29-22-32(26-17-15-25(23-42)16-18-26)46-35(45-29)27-9-8-10-28(21-27)39-33(43)13-4-2-3-5-14-34(44)40-31-12-7-6-11-30(31)37/h6-12,15-21,29,32,35,42H,2-5,13-14,22-24,37H2,1H3,(H,39,43)(H,40,44). The van der Waals surface area contributed by atoms with E-state index in [0.717, 1.165) is 47.5 Å². The molecule has 47 heavy (non-hydrogen) atoms. The van der Waals surface area contributed by atoms with Crippen LogP contribution in [0.3, 0.4) is 0 Å². The molecule has 3 unspecified atom stereocenters. The lowest BCUT2D eigenvalue weighted by Gasteiger charge is -2.36. The van der Waals surface area contributed by atoms with Gasteiger partial charge in [0.15, 0.2) is 11.4 Å². The number of ether oxygens (including phenoxy) is 2. The van der Waals surface area contributed by atoms with Gasteiger partial charge in [-0.25, -0.2) is 4.98 Å². The maximum absolute atomic E-state index is 12.8. The Hall–Kier alpha value is -4.16. The van der Waals surface area contributed by atoms with Crippen LogP contribution in [0.25, 0.3) is 0 Å². The van der Waals surface area contributed by atoms with Gasteiger partial charge in [-0.2, -0.15) is 0 Å². The van der Waals surface area contributed by atoms with Gasteiger partial charge in [-0.05, 0) is 48.2 Å². The van der Waals surface area contributed by atoms with Gasteiger partial charge in [-0.1, -0.05) is 73.1 Å². The van der Waals surface area contributed by atoms with Gasteiger partial charge < -0.3 is 35.5 Å². The molecular weight excluding hydrogens is 614 g/mol. The van der Waals surface area contributed by atoms with Gasteiger partial charge in [0.2, 0.25) is 11.8 Å². The monoisotopic (exact) mass is 657 g/mol. The molecule has 248 valence electrons. The Labute approximate surface area is 280 Å². The second-order valence-electron chi connectivity index (χ2n) is 11.7. The van der Waals surface area contributed by atoms with Crippen LogP contribution < -0.4 is 16.4 Å². The number of nitrogens with zero attached hydrogens (tertiary/aromatic N) is 2. The first-order valence-corrected chi connectivity index (χ1v) is 17.0. The Morgan fingerprint density at radius 2 is 1.68 bits per heavy atom. The largest absolute Gasteiger partial charge is 0.397 e. The van der Waals surface area contributed by atoms with Crippen LogP contribution >= 0.6 is 11.8 Å². The van der Waals surface area contributed by atoms with E-state index in [0.29, 0.717) is 42.1 Å². The minimum absolute atomic E-state index is 0.0108. The summed E-state index contributed by atoms with van der Waals surface area (Å²) in [4.78, 5) is 29.4. The Morgan fingerprint density at radius 1 is 0.936 bits per heavy atom. The van der Waals surface area contributed by atoms with Gasteiger partial charge in [0.05, 0.1) is 30.2 Å². The molecule has 3 atom stereocenters. The van der Waals surface area contributed by atoms with Crippen molar-refractivity contribution in [1.29, 1.82) is 0 Å². The fourth-order valence-electron chi connectivity index (χ4n) is 5.42. The number of benzene rings is 3. The molecule has 0 aliphatic carbocycles. The molecule has 0 saturated carbocycles. The molecule has 5 rings (SSSR count). The summed E-state index contributed by atoms with van der Waals surface area (Å²) in [5, 5.41) is 16.3. The minimum atomic E-state index is -0.620. The van der Waals surface area contributed by atoms with Gasteiger partial charge in [0.25, 0.3) is 0 Å². The predicted octanol–water partition coefficient (Wildman–Crippen LogP) is 6.75. The number of hydrogen-bond donors (Lipinski definition) is 4. The van der Waals surface area contributed by atoms with E-state index in [1.807, 2.05) is 78.5 Å². The van der Waals surface area contributed by atoms with Gasteiger partial charge >= 0.3 is 0 Å². The number of nitrogen functional groups attached to an aromatic ring is 1. The highest BCUT2D eigenvalue weighted by Gasteiger charge is 2.32. The van der Waals surface area contributed by atoms with E-state index in [2.05, 4.69) is 15.6 Å². The van der Waals surface area contributed by atoms with E-state index >= 15 is 0 Å². The van der Waals surface area contributed by atoms with Crippen molar-refractivity contribution >= 4 is 40.6 Å². The highest BCUT2D eigenvalue weighted by atomic mass is 32.2. The fraction of sp³-hybridized carbons (Fsp3) is 0.361. The number of anilines is 3. The number of aromatic nitrogens is 2. The first kappa shape index (κ1) is 34.2. The molecule has 1 saturated heterocycles. The number of para-hydroxylation sites is 2. The molecule has 4 aromatic rings. The Bertz CT molecular complexity index is 1610. The summed E-state index contributed by atoms with van der Waals surface area (Å²) in [7, 11) is 1.97. The minimum Gasteiger partial charge on any atom is -0.397 e. The SMILES string of the molecule is Cn1ccnc1SCC1CC(c2ccc(CO)cc2)OC(c2cccc(NC(=O)CCCCCCC(=O)Nc3ccccc3N)c2)O1. The third kappa shape index (κ3) is 10.2. The molecule has 0 bridgehead atoms. The van der Waals surface area contributed by atoms with Crippen molar-refractivity contribution in [3.05, 3.63) is 102 Å². The number of imidazole rings is 1. The second-order valence-corrected chi connectivity index (χ2v) is 12.7. The molecule has 2 amide bonds. The second kappa shape index (κ2) is 17.1. The molecule has 1 aliphatic rings. The van der Waals surface area contributed by atoms with E-state index in [1.165, 1.54) is 0 Å². The zero-order valence-corrected chi connectivity index (χ0v) is 27.5. The van der Waals surface area contributed by atoms with Crippen LogP contribution in [0.15, 0.2) is 90.3 Å². The average molecular weight is 658 g/mol. The predicted molar refractivity (Wildman–Crippen MR) is 185 cm³/mol. The van der Waals surface area contributed by atoms with Crippen LogP contribution in [-0.2, 0) is 32.7 Å². The van der Waals surface area contributed by atoms with Crippen LogP contribution in [0.2, 0.25) is 0 Å². The van der Waals surface area contributed by atoms with Crippen molar-refractivity contribution in [2.75, 3.05) is 22.1 Å². The molecule has 3 aromatic carbocycles. The molecule has 1 aliphatic heterocycles. The fourth-order valence-corrected chi connectivity index (χ4v) is 6.37. The van der Waals surface area contributed by atoms with Crippen molar-refractivity contribution in [1.82, 2.24) is 9.55 Å². The number of nitrogens with one attached hydrogen (secondary N) is 2. The van der Waals surface area contributed by atoms with Gasteiger partial charge in [0, 0.05) is 55.7 Å². The Kier molecular flexibility index (Phi) is 12.5. The van der Waals surface area contributed by atoms with Crippen LogP contribution in [0.1, 0.15) is 74.0 Å². The highest BCUT2D eigenvalue weighted by Crippen LogP contribution is 2.39. The van der Waals surface area contributed by atoms with Gasteiger partial charge in [-0.3, -0.25) is 9.59 Å². The molecule has 1 aromatic heterocycles. The Morgan fingerprint density at radius 3 is 2.38 bits per heavy atom. The summed E-state index contributed by atoms with van der Waals surface area (Å²) in [5.41, 5.74) is 10.4. The maximum atomic E-state index is 12.8. The molecule has 0 radical (unpaired) electrons. The zero-order chi connectivity index (χ0) is 33.0.